The van der Waals surface area contributed by atoms with Gasteiger partial charge in [-0.05, 0) is 0 Å². The molecular formula is C33H54In2O12. The van der Waals surface area contributed by atoms with E-state index in [0.717, 1.165) is 0 Å². The second kappa shape index (κ2) is 15.6. The van der Waals surface area contributed by atoms with Crippen LogP contribution in [0.25, 0.3) is 0 Å². The molecule has 0 radical (unpaired) electrons. The third-order valence-corrected chi connectivity index (χ3v) is 18.8. The maximum atomic E-state index is 13.5. The molecular weight excluding hydrogens is 818 g/mol. The molecule has 2 aliphatic rings. The van der Waals surface area contributed by atoms with Crippen LogP contribution in [0.1, 0.15) is 141 Å². The summed E-state index contributed by atoms with van der Waals surface area (Å²) in [5, 5.41) is 0. The molecule has 2 saturated heterocycles. The fourth-order valence-corrected chi connectivity index (χ4v) is 12.8. The molecule has 0 aromatic heterocycles. The Balaban J connectivity index is 2.05. The van der Waals surface area contributed by atoms with Crippen molar-refractivity contribution in [2.45, 2.75) is 141 Å². The first-order valence-corrected chi connectivity index (χ1v) is 24.6. The molecule has 0 aliphatic carbocycles. The first-order chi connectivity index (χ1) is 21.3. The van der Waals surface area contributed by atoms with Gasteiger partial charge >= 0.3 is 301 Å². The van der Waals surface area contributed by atoms with E-state index in [4.69, 9.17) is 17.1 Å². The van der Waals surface area contributed by atoms with Crippen molar-refractivity contribution in [1.82, 2.24) is 0 Å². The van der Waals surface area contributed by atoms with Crippen LogP contribution in [0.3, 0.4) is 0 Å². The molecule has 12 nitrogen and oxygen atoms in total. The zero-order chi connectivity index (χ0) is 36.2. The van der Waals surface area contributed by atoms with Crippen LogP contribution in [0.2, 0.25) is 0 Å². The quantitative estimate of drug-likeness (QED) is 0.285. The van der Waals surface area contributed by atoms with Gasteiger partial charge in [0.1, 0.15) is 0 Å². The minimum absolute atomic E-state index is 0.0616. The van der Waals surface area contributed by atoms with E-state index in [2.05, 4.69) is 0 Å². The molecule has 0 unspecified atom stereocenters. The normalized spacial score (nSPS) is 22.1. The average Bonchev–Trinajstić information content (AvgIpc) is 2.90. The van der Waals surface area contributed by atoms with Gasteiger partial charge in [0.2, 0.25) is 0 Å². The Morgan fingerprint density at radius 3 is 1.51 bits per heavy atom. The van der Waals surface area contributed by atoms with E-state index < -0.39 is 114 Å². The topological polar surface area (TPSA) is 158 Å². The second-order valence-electron chi connectivity index (χ2n) is 16.4. The van der Waals surface area contributed by atoms with Crippen LogP contribution in [-0.2, 0) is 45.9 Å². The molecule has 0 aromatic rings. The van der Waals surface area contributed by atoms with Gasteiger partial charge in [-0.15, -0.1) is 0 Å². The molecule has 0 spiro atoms. The molecule has 14 heteroatoms. The summed E-state index contributed by atoms with van der Waals surface area (Å²) in [4.78, 5) is 77.4. The fourth-order valence-electron chi connectivity index (χ4n) is 5.14. The Morgan fingerprint density at radius 2 is 1.09 bits per heavy atom. The Bertz CT molecular complexity index is 1220. The van der Waals surface area contributed by atoms with Crippen molar-refractivity contribution in [1.29, 1.82) is 0 Å². The van der Waals surface area contributed by atoms with Crippen molar-refractivity contribution in [3.8, 4) is 0 Å². The van der Waals surface area contributed by atoms with Gasteiger partial charge in [-0.2, -0.15) is 0 Å². The second-order valence-corrected chi connectivity index (χ2v) is 23.7. The van der Waals surface area contributed by atoms with Crippen molar-refractivity contribution in [3.63, 3.8) is 0 Å². The maximum absolute atomic E-state index is 13.5. The van der Waals surface area contributed by atoms with Crippen molar-refractivity contribution in [2.24, 2.45) is 32.5 Å². The fraction of sp³-hybridized carbons (Fsp3) is 0.818. The molecule has 0 amide bonds. The molecule has 0 N–H and O–H groups in total. The third kappa shape index (κ3) is 10.3. The predicted octanol–water partition coefficient (Wildman–Crippen LogP) is 5.91. The van der Waals surface area contributed by atoms with E-state index in [1.165, 1.54) is 0 Å². The van der Waals surface area contributed by atoms with E-state index in [1.807, 2.05) is 41.5 Å². The third-order valence-electron chi connectivity index (χ3n) is 11.4. The summed E-state index contributed by atoms with van der Waals surface area (Å²) >= 11 is -8.72. The Labute approximate surface area is 298 Å². The van der Waals surface area contributed by atoms with Crippen LogP contribution in [0.4, 0.5) is 0 Å². The average molecular weight is 872 g/mol. The Morgan fingerprint density at radius 1 is 0.681 bits per heavy atom. The van der Waals surface area contributed by atoms with Gasteiger partial charge in [-0.25, -0.2) is 0 Å². The van der Waals surface area contributed by atoms with Crippen molar-refractivity contribution < 1.29 is 45.9 Å². The molecule has 2 aliphatic heterocycles. The summed E-state index contributed by atoms with van der Waals surface area (Å²) in [5.74, 6) is -3.54. The number of rotatable bonds is 8. The van der Waals surface area contributed by atoms with Gasteiger partial charge in [0, 0.05) is 0 Å². The monoisotopic (exact) mass is 872 g/mol. The zero-order valence-corrected chi connectivity index (χ0v) is 37.0. The van der Waals surface area contributed by atoms with Crippen molar-refractivity contribution >= 4 is 81.3 Å². The molecule has 0 saturated carbocycles. The van der Waals surface area contributed by atoms with Gasteiger partial charge in [0.25, 0.3) is 0 Å². The molecule has 2 heterocycles. The van der Waals surface area contributed by atoms with Crippen LogP contribution in [0, 0.1) is 32.5 Å². The Hall–Kier alpha value is -1.44. The standard InChI is InChI=1S/3C11H20O4.2In/c3*1-10(2,7-5-6-8(12)13)11(3,4)9(14)15;;/h3*5-7H2,1-4H3,(H,12,13)(H,14,15);;/q;;;2*+3/p-6. The number of hydrogen-bond acceptors (Lipinski definition) is 12. The first-order valence-electron chi connectivity index (χ1n) is 16.5. The molecule has 0 bridgehead atoms. The van der Waals surface area contributed by atoms with Crippen LogP contribution in [0.15, 0.2) is 0 Å². The van der Waals surface area contributed by atoms with Crippen LogP contribution in [0.5, 0.6) is 0 Å². The molecule has 0 aromatic carbocycles. The Kier molecular flexibility index (Phi) is 13.9. The van der Waals surface area contributed by atoms with Gasteiger partial charge in [-0.3, -0.25) is 0 Å². The van der Waals surface area contributed by atoms with Gasteiger partial charge in [-0.1, -0.05) is 0 Å². The van der Waals surface area contributed by atoms with E-state index in [0.29, 0.717) is 38.5 Å². The first kappa shape index (κ1) is 41.7. The zero-order valence-electron chi connectivity index (χ0n) is 30.4. The minimum atomic E-state index is -4.41. The van der Waals surface area contributed by atoms with Crippen molar-refractivity contribution in [2.75, 3.05) is 0 Å². The molecule has 47 heavy (non-hydrogen) atoms. The number of carbonyl (C=O) groups is 6. The molecule has 264 valence electrons. The van der Waals surface area contributed by atoms with E-state index in [-0.39, 0.29) is 19.3 Å². The predicted molar refractivity (Wildman–Crippen MR) is 172 cm³/mol. The van der Waals surface area contributed by atoms with E-state index in [1.54, 1.807) is 41.5 Å². The van der Waals surface area contributed by atoms with Crippen molar-refractivity contribution in [3.05, 3.63) is 0 Å². The van der Waals surface area contributed by atoms with Gasteiger partial charge in [0.05, 0.1) is 0 Å². The van der Waals surface area contributed by atoms with Crippen LogP contribution < -0.4 is 0 Å². The summed E-state index contributed by atoms with van der Waals surface area (Å²) in [6.45, 7) is 22.0. The van der Waals surface area contributed by atoms with Crippen LogP contribution >= 0.6 is 0 Å². The SMILES string of the molecule is CC1(C)CCCC(=O)[O][In]([O]C(=O)CCCC(C)(C)C(C)(C)C(=O)[O][In]2[O]C(=O)CCCC(C)(C)C(C)(C)C(=O)[O]2)[O]C(=O)C1(C)C. The number of carbonyl (C=O) groups excluding carboxylic acids is 6. The summed E-state index contributed by atoms with van der Waals surface area (Å²) in [6.07, 6.45) is 3.21. The molecule has 0 atom stereocenters. The van der Waals surface area contributed by atoms with E-state index in [9.17, 15) is 28.8 Å². The summed E-state index contributed by atoms with van der Waals surface area (Å²) in [5.41, 5.74) is -4.55. The molecule has 2 rings (SSSR count). The summed E-state index contributed by atoms with van der Waals surface area (Å²) < 4.78 is 33.2. The molecule has 2 fully saturated rings. The van der Waals surface area contributed by atoms with Crippen LogP contribution in [-0.4, -0.2) is 81.3 Å². The summed E-state index contributed by atoms with van der Waals surface area (Å²) in [6, 6.07) is 0. The number of hydrogen-bond donors (Lipinski definition) is 0. The summed E-state index contributed by atoms with van der Waals surface area (Å²) in [7, 11) is 0. The van der Waals surface area contributed by atoms with E-state index >= 15 is 0 Å². The van der Waals surface area contributed by atoms with Gasteiger partial charge in [0.15, 0.2) is 0 Å². The van der Waals surface area contributed by atoms with Gasteiger partial charge < -0.3 is 0 Å².